The average Bonchev–Trinajstić information content (AvgIpc) is 2.77. The van der Waals surface area contributed by atoms with Crippen LogP contribution < -0.4 is 11.3 Å². The van der Waals surface area contributed by atoms with Gasteiger partial charge in [-0.1, -0.05) is 6.07 Å². The lowest BCUT2D eigenvalue weighted by molar-refractivity contribution is 0.602. The molecule has 1 aromatic carbocycles. The summed E-state index contributed by atoms with van der Waals surface area (Å²) in [7, 11) is 0. The second-order valence-electron chi connectivity index (χ2n) is 4.29. The van der Waals surface area contributed by atoms with E-state index >= 15 is 0 Å². The molecule has 0 saturated carbocycles. The van der Waals surface area contributed by atoms with E-state index in [0.29, 0.717) is 0 Å². The zero-order valence-electron chi connectivity index (χ0n) is 10.5. The Morgan fingerprint density at radius 3 is 2.72 bits per heavy atom. The number of hydrogen-bond acceptors (Lipinski definition) is 3. The van der Waals surface area contributed by atoms with Crippen molar-refractivity contribution >= 4 is 0 Å². The first-order valence-corrected chi connectivity index (χ1v) is 5.89. The third kappa shape index (κ3) is 2.57. The zero-order valence-corrected chi connectivity index (χ0v) is 10.5. The molecule has 1 atom stereocenters. The molecule has 2 rings (SSSR count). The molecule has 5 heteroatoms. The van der Waals surface area contributed by atoms with Gasteiger partial charge in [0.25, 0.3) is 0 Å². The van der Waals surface area contributed by atoms with Crippen molar-refractivity contribution in [2.24, 2.45) is 5.84 Å². The minimum Gasteiger partial charge on any atom is -0.273 e. The Morgan fingerprint density at radius 1 is 1.39 bits per heavy atom. The van der Waals surface area contributed by atoms with Crippen LogP contribution in [0.15, 0.2) is 30.6 Å². The van der Waals surface area contributed by atoms with E-state index in [0.717, 1.165) is 23.2 Å². The van der Waals surface area contributed by atoms with E-state index in [9.17, 15) is 4.39 Å². The van der Waals surface area contributed by atoms with Gasteiger partial charge in [0.1, 0.15) is 5.82 Å². The van der Waals surface area contributed by atoms with Crippen molar-refractivity contribution in [2.75, 3.05) is 0 Å². The van der Waals surface area contributed by atoms with Gasteiger partial charge in [-0.25, -0.2) is 9.82 Å². The van der Waals surface area contributed by atoms with Crippen LogP contribution in [0.1, 0.15) is 29.7 Å². The van der Waals surface area contributed by atoms with Crippen LogP contribution in [0.4, 0.5) is 4.39 Å². The van der Waals surface area contributed by atoms with Crippen molar-refractivity contribution in [3.8, 4) is 0 Å². The Labute approximate surface area is 106 Å². The summed E-state index contributed by atoms with van der Waals surface area (Å²) >= 11 is 0. The maximum Gasteiger partial charge on any atom is 0.123 e. The SMILES string of the molecule is CCn1cc(C(NN)c2cc(C)cc(F)c2)cn1. The van der Waals surface area contributed by atoms with Crippen LogP contribution in [0, 0.1) is 12.7 Å². The minimum absolute atomic E-state index is 0.250. The lowest BCUT2D eigenvalue weighted by atomic mass is 10.0. The number of aryl methyl sites for hydroxylation is 2. The monoisotopic (exact) mass is 248 g/mol. The third-order valence-electron chi connectivity index (χ3n) is 2.87. The van der Waals surface area contributed by atoms with Gasteiger partial charge < -0.3 is 0 Å². The van der Waals surface area contributed by atoms with Crippen LogP contribution in [0.3, 0.4) is 0 Å². The van der Waals surface area contributed by atoms with Crippen LogP contribution in [0.5, 0.6) is 0 Å². The number of rotatable bonds is 4. The van der Waals surface area contributed by atoms with Gasteiger partial charge in [-0.3, -0.25) is 10.5 Å². The number of halogens is 1. The molecule has 96 valence electrons. The predicted molar refractivity (Wildman–Crippen MR) is 68.2 cm³/mol. The molecule has 0 amide bonds. The fraction of sp³-hybridized carbons (Fsp3) is 0.308. The highest BCUT2D eigenvalue weighted by Gasteiger charge is 2.15. The summed E-state index contributed by atoms with van der Waals surface area (Å²) in [6.45, 7) is 4.66. The first-order valence-electron chi connectivity index (χ1n) is 5.89. The fourth-order valence-corrected chi connectivity index (χ4v) is 2.02. The molecule has 3 N–H and O–H groups in total. The Morgan fingerprint density at radius 2 is 2.17 bits per heavy atom. The summed E-state index contributed by atoms with van der Waals surface area (Å²) in [6.07, 6.45) is 3.65. The zero-order chi connectivity index (χ0) is 13.1. The van der Waals surface area contributed by atoms with Crippen LogP contribution >= 0.6 is 0 Å². The Balaban J connectivity index is 2.38. The van der Waals surface area contributed by atoms with Crippen LogP contribution in [0.25, 0.3) is 0 Å². The molecule has 0 radical (unpaired) electrons. The Kier molecular flexibility index (Phi) is 3.74. The maximum absolute atomic E-state index is 13.4. The summed E-state index contributed by atoms with van der Waals surface area (Å²) in [5.74, 6) is 5.32. The summed E-state index contributed by atoms with van der Waals surface area (Å²) in [4.78, 5) is 0. The Bertz CT molecular complexity index is 515. The number of benzene rings is 1. The summed E-state index contributed by atoms with van der Waals surface area (Å²) < 4.78 is 15.2. The molecule has 0 spiro atoms. The van der Waals surface area contributed by atoms with E-state index in [1.807, 2.05) is 30.8 Å². The summed E-state index contributed by atoms with van der Waals surface area (Å²) in [5.41, 5.74) is 5.29. The van der Waals surface area contributed by atoms with Crippen LogP contribution in [-0.4, -0.2) is 9.78 Å². The van der Waals surface area contributed by atoms with Crippen molar-refractivity contribution in [3.63, 3.8) is 0 Å². The first kappa shape index (κ1) is 12.7. The molecular formula is C13H17FN4. The summed E-state index contributed by atoms with van der Waals surface area (Å²) in [6, 6.07) is 4.64. The lowest BCUT2D eigenvalue weighted by Gasteiger charge is -2.15. The molecule has 0 aliphatic carbocycles. The van der Waals surface area contributed by atoms with E-state index < -0.39 is 0 Å². The van der Waals surface area contributed by atoms with Gasteiger partial charge >= 0.3 is 0 Å². The molecular weight excluding hydrogens is 231 g/mol. The van der Waals surface area contributed by atoms with Gasteiger partial charge in [-0.05, 0) is 37.1 Å². The second kappa shape index (κ2) is 5.29. The molecule has 1 unspecified atom stereocenters. The number of nitrogens with zero attached hydrogens (tertiary/aromatic N) is 2. The molecule has 4 nitrogen and oxygen atoms in total. The average molecular weight is 248 g/mol. The first-order chi connectivity index (χ1) is 8.63. The molecule has 18 heavy (non-hydrogen) atoms. The van der Waals surface area contributed by atoms with Gasteiger partial charge in [0.05, 0.1) is 12.2 Å². The largest absolute Gasteiger partial charge is 0.273 e. The number of hydrogen-bond donors (Lipinski definition) is 2. The maximum atomic E-state index is 13.4. The predicted octanol–water partition coefficient (Wildman–Crippen LogP) is 1.90. The van der Waals surface area contributed by atoms with Crippen LogP contribution in [0.2, 0.25) is 0 Å². The number of hydrazine groups is 1. The quantitative estimate of drug-likeness (QED) is 0.642. The fourth-order valence-electron chi connectivity index (χ4n) is 2.02. The molecule has 2 aromatic rings. The Hall–Kier alpha value is -1.72. The van der Waals surface area contributed by atoms with E-state index in [2.05, 4.69) is 10.5 Å². The van der Waals surface area contributed by atoms with Gasteiger partial charge in [-0.15, -0.1) is 0 Å². The van der Waals surface area contributed by atoms with E-state index in [1.165, 1.54) is 12.1 Å². The van der Waals surface area contributed by atoms with Gasteiger partial charge in [0, 0.05) is 18.3 Å². The van der Waals surface area contributed by atoms with E-state index in [1.54, 1.807) is 6.20 Å². The van der Waals surface area contributed by atoms with Crippen molar-refractivity contribution in [1.29, 1.82) is 0 Å². The highest BCUT2D eigenvalue weighted by molar-refractivity contribution is 5.32. The van der Waals surface area contributed by atoms with Crippen molar-refractivity contribution in [2.45, 2.75) is 26.4 Å². The topological polar surface area (TPSA) is 55.9 Å². The van der Waals surface area contributed by atoms with Crippen molar-refractivity contribution < 1.29 is 4.39 Å². The van der Waals surface area contributed by atoms with Gasteiger partial charge in [0.2, 0.25) is 0 Å². The molecule has 0 aliphatic heterocycles. The molecule has 0 saturated heterocycles. The van der Waals surface area contributed by atoms with E-state index in [-0.39, 0.29) is 11.9 Å². The smallest absolute Gasteiger partial charge is 0.123 e. The highest BCUT2D eigenvalue weighted by Crippen LogP contribution is 2.22. The molecule has 1 aromatic heterocycles. The molecule has 0 fully saturated rings. The van der Waals surface area contributed by atoms with E-state index in [4.69, 9.17) is 5.84 Å². The molecule has 0 bridgehead atoms. The van der Waals surface area contributed by atoms with Crippen molar-refractivity contribution in [3.05, 3.63) is 53.1 Å². The minimum atomic E-state index is -0.256. The standard InChI is InChI=1S/C13H17FN4/c1-3-18-8-11(7-16-18)13(17-15)10-4-9(2)5-12(14)6-10/h4-8,13,17H,3,15H2,1-2H3. The molecule has 1 heterocycles. The summed E-state index contributed by atoms with van der Waals surface area (Å²) in [5, 5.41) is 4.20. The number of nitrogens with one attached hydrogen (secondary N) is 1. The molecule has 0 aliphatic rings. The highest BCUT2D eigenvalue weighted by atomic mass is 19.1. The number of nitrogens with two attached hydrogens (primary N) is 1. The van der Waals surface area contributed by atoms with Gasteiger partial charge in [-0.2, -0.15) is 5.10 Å². The lowest BCUT2D eigenvalue weighted by Crippen LogP contribution is -2.28. The van der Waals surface area contributed by atoms with Crippen molar-refractivity contribution in [1.82, 2.24) is 15.2 Å². The second-order valence-corrected chi connectivity index (χ2v) is 4.29. The van der Waals surface area contributed by atoms with Crippen LogP contribution in [-0.2, 0) is 6.54 Å². The normalized spacial score (nSPS) is 12.7. The third-order valence-corrected chi connectivity index (χ3v) is 2.87. The number of aromatic nitrogens is 2. The van der Waals surface area contributed by atoms with Gasteiger partial charge in [0.15, 0.2) is 0 Å².